The Labute approximate surface area is 180 Å². The number of para-hydroxylation sites is 1. The second-order valence-electron chi connectivity index (χ2n) is 7.25. The van der Waals surface area contributed by atoms with E-state index >= 15 is 0 Å². The maximum Gasteiger partial charge on any atom is 0.258 e. The molecule has 0 N–H and O–H groups in total. The van der Waals surface area contributed by atoms with Crippen molar-refractivity contribution in [2.45, 2.75) is 0 Å². The first-order valence-electron chi connectivity index (χ1n) is 10.2. The van der Waals surface area contributed by atoms with E-state index in [9.17, 15) is 4.79 Å². The molecule has 0 amide bonds. The first-order valence-corrected chi connectivity index (χ1v) is 10.2. The van der Waals surface area contributed by atoms with E-state index in [-0.39, 0.29) is 5.56 Å². The average molecular weight is 400 g/mol. The SMILES string of the molecule is O=c1cc(-c2ccccc2)nc(-c2ccccc2)n1-c1ccccc1-c1ccccc1. The molecule has 5 rings (SSSR count). The number of rotatable bonds is 4. The van der Waals surface area contributed by atoms with Crippen molar-refractivity contribution >= 4 is 0 Å². The summed E-state index contributed by atoms with van der Waals surface area (Å²) < 4.78 is 1.71. The number of hydrogen-bond acceptors (Lipinski definition) is 2. The van der Waals surface area contributed by atoms with Gasteiger partial charge >= 0.3 is 0 Å². The minimum Gasteiger partial charge on any atom is -0.269 e. The van der Waals surface area contributed by atoms with E-state index in [1.807, 2.05) is 103 Å². The number of aromatic nitrogens is 2. The van der Waals surface area contributed by atoms with Gasteiger partial charge in [-0.2, -0.15) is 0 Å². The van der Waals surface area contributed by atoms with Gasteiger partial charge in [0.2, 0.25) is 0 Å². The van der Waals surface area contributed by atoms with Crippen molar-refractivity contribution in [3.8, 4) is 39.5 Å². The first-order chi connectivity index (χ1) is 15.3. The molecule has 0 aliphatic heterocycles. The van der Waals surface area contributed by atoms with Gasteiger partial charge in [-0.15, -0.1) is 0 Å². The lowest BCUT2D eigenvalue weighted by molar-refractivity contribution is 0.954. The molecule has 0 aliphatic rings. The highest BCUT2D eigenvalue weighted by molar-refractivity contribution is 5.75. The van der Waals surface area contributed by atoms with Gasteiger partial charge in [-0.3, -0.25) is 9.36 Å². The highest BCUT2D eigenvalue weighted by Crippen LogP contribution is 2.29. The van der Waals surface area contributed by atoms with Crippen LogP contribution in [-0.2, 0) is 0 Å². The van der Waals surface area contributed by atoms with Gasteiger partial charge in [0.05, 0.1) is 11.4 Å². The molecule has 1 aromatic heterocycles. The van der Waals surface area contributed by atoms with Crippen LogP contribution in [-0.4, -0.2) is 9.55 Å². The van der Waals surface area contributed by atoms with Gasteiger partial charge < -0.3 is 0 Å². The molecule has 0 atom stereocenters. The second kappa shape index (κ2) is 8.25. The minimum absolute atomic E-state index is 0.115. The standard InChI is InChI=1S/C28H20N2O/c31-27-20-25(22-14-6-2-7-15-22)29-28(23-16-8-3-9-17-23)30(27)26-19-11-10-18-24(26)21-12-4-1-5-13-21/h1-20H. The number of nitrogens with zero attached hydrogens (tertiary/aromatic N) is 2. The fourth-order valence-corrected chi connectivity index (χ4v) is 3.78. The summed E-state index contributed by atoms with van der Waals surface area (Å²) in [7, 11) is 0. The highest BCUT2D eigenvalue weighted by Gasteiger charge is 2.16. The number of hydrogen-bond donors (Lipinski definition) is 0. The van der Waals surface area contributed by atoms with E-state index in [0.717, 1.165) is 27.9 Å². The molecule has 0 saturated heterocycles. The third kappa shape index (κ3) is 3.69. The highest BCUT2D eigenvalue weighted by atomic mass is 16.1. The molecule has 0 fully saturated rings. The summed E-state index contributed by atoms with van der Waals surface area (Å²) in [4.78, 5) is 18.5. The molecule has 4 aromatic carbocycles. The third-order valence-electron chi connectivity index (χ3n) is 5.25. The van der Waals surface area contributed by atoms with Gasteiger partial charge in [-0.05, 0) is 11.6 Å². The van der Waals surface area contributed by atoms with Gasteiger partial charge in [0.25, 0.3) is 5.56 Å². The van der Waals surface area contributed by atoms with Crippen LogP contribution in [0.15, 0.2) is 126 Å². The smallest absolute Gasteiger partial charge is 0.258 e. The van der Waals surface area contributed by atoms with E-state index in [1.165, 1.54) is 0 Å². The zero-order chi connectivity index (χ0) is 21.0. The molecule has 0 saturated carbocycles. The van der Waals surface area contributed by atoms with E-state index in [4.69, 9.17) is 4.98 Å². The fourth-order valence-electron chi connectivity index (χ4n) is 3.78. The Balaban J connectivity index is 1.81. The molecular weight excluding hydrogens is 380 g/mol. The van der Waals surface area contributed by atoms with Crippen LogP contribution in [0.4, 0.5) is 0 Å². The molecule has 3 heteroatoms. The van der Waals surface area contributed by atoms with Crippen molar-refractivity contribution in [2.75, 3.05) is 0 Å². The fraction of sp³-hybridized carbons (Fsp3) is 0. The zero-order valence-electron chi connectivity index (χ0n) is 16.8. The van der Waals surface area contributed by atoms with Crippen molar-refractivity contribution in [1.29, 1.82) is 0 Å². The second-order valence-corrected chi connectivity index (χ2v) is 7.25. The normalized spacial score (nSPS) is 10.7. The van der Waals surface area contributed by atoms with Crippen LogP contribution in [0.5, 0.6) is 0 Å². The van der Waals surface area contributed by atoms with E-state index in [2.05, 4.69) is 12.1 Å². The minimum atomic E-state index is -0.115. The maximum absolute atomic E-state index is 13.5. The molecule has 0 bridgehead atoms. The Hall–Kier alpha value is -4.24. The Morgan fingerprint density at radius 1 is 0.548 bits per heavy atom. The lowest BCUT2D eigenvalue weighted by Gasteiger charge is -2.17. The lowest BCUT2D eigenvalue weighted by Crippen LogP contribution is -2.22. The summed E-state index contributed by atoms with van der Waals surface area (Å²) >= 11 is 0. The molecule has 31 heavy (non-hydrogen) atoms. The Bertz CT molecular complexity index is 1380. The molecule has 1 heterocycles. The molecule has 5 aromatic rings. The molecule has 148 valence electrons. The summed E-state index contributed by atoms with van der Waals surface area (Å²) in [5.41, 5.74) is 5.20. The van der Waals surface area contributed by atoms with E-state index < -0.39 is 0 Å². The summed E-state index contributed by atoms with van der Waals surface area (Å²) in [5, 5.41) is 0. The van der Waals surface area contributed by atoms with Crippen LogP contribution in [0.2, 0.25) is 0 Å². The van der Waals surface area contributed by atoms with Crippen LogP contribution < -0.4 is 5.56 Å². The van der Waals surface area contributed by atoms with Crippen LogP contribution >= 0.6 is 0 Å². The van der Waals surface area contributed by atoms with Gasteiger partial charge in [0, 0.05) is 22.8 Å². The van der Waals surface area contributed by atoms with E-state index in [0.29, 0.717) is 11.5 Å². The van der Waals surface area contributed by atoms with Crippen LogP contribution in [0.25, 0.3) is 39.5 Å². The van der Waals surface area contributed by atoms with Crippen molar-refractivity contribution in [2.24, 2.45) is 0 Å². The molecule has 0 radical (unpaired) electrons. The maximum atomic E-state index is 13.5. The van der Waals surface area contributed by atoms with Gasteiger partial charge in [0.15, 0.2) is 0 Å². The van der Waals surface area contributed by atoms with Gasteiger partial charge in [-0.25, -0.2) is 4.98 Å². The van der Waals surface area contributed by atoms with Gasteiger partial charge in [-0.1, -0.05) is 109 Å². The van der Waals surface area contributed by atoms with E-state index in [1.54, 1.807) is 10.6 Å². The zero-order valence-corrected chi connectivity index (χ0v) is 16.8. The molecular formula is C28H20N2O. The lowest BCUT2D eigenvalue weighted by atomic mass is 10.0. The van der Waals surface area contributed by atoms with Crippen molar-refractivity contribution in [3.05, 3.63) is 132 Å². The van der Waals surface area contributed by atoms with Crippen LogP contribution in [0.1, 0.15) is 0 Å². The Morgan fingerprint density at radius 2 is 1.06 bits per heavy atom. The molecule has 3 nitrogen and oxygen atoms in total. The topological polar surface area (TPSA) is 34.9 Å². The number of benzene rings is 4. The monoisotopic (exact) mass is 400 g/mol. The van der Waals surface area contributed by atoms with Gasteiger partial charge in [0.1, 0.15) is 5.82 Å². The van der Waals surface area contributed by atoms with Crippen molar-refractivity contribution in [1.82, 2.24) is 9.55 Å². The largest absolute Gasteiger partial charge is 0.269 e. The van der Waals surface area contributed by atoms with Crippen molar-refractivity contribution < 1.29 is 0 Å². The molecule has 0 spiro atoms. The summed E-state index contributed by atoms with van der Waals surface area (Å²) in [6.45, 7) is 0. The first kappa shape index (κ1) is 18.8. The molecule has 0 aliphatic carbocycles. The summed E-state index contributed by atoms with van der Waals surface area (Å²) in [5.74, 6) is 0.621. The van der Waals surface area contributed by atoms with Crippen molar-refractivity contribution in [3.63, 3.8) is 0 Å². The Kier molecular flexibility index (Phi) is 4.99. The predicted octanol–water partition coefficient (Wildman–Crippen LogP) is 6.23. The van der Waals surface area contributed by atoms with Crippen LogP contribution in [0, 0.1) is 0 Å². The molecule has 0 unspecified atom stereocenters. The summed E-state index contributed by atoms with van der Waals surface area (Å²) in [6, 6.07) is 39.3. The third-order valence-corrected chi connectivity index (χ3v) is 5.25. The summed E-state index contributed by atoms with van der Waals surface area (Å²) in [6.07, 6.45) is 0. The Morgan fingerprint density at radius 3 is 1.71 bits per heavy atom. The quantitative estimate of drug-likeness (QED) is 0.358. The predicted molar refractivity (Wildman–Crippen MR) is 126 cm³/mol. The average Bonchev–Trinajstić information content (AvgIpc) is 2.85. The van der Waals surface area contributed by atoms with Crippen LogP contribution in [0.3, 0.4) is 0 Å².